The van der Waals surface area contributed by atoms with Gasteiger partial charge in [-0.2, -0.15) is 11.8 Å². The second-order valence-electron chi connectivity index (χ2n) is 4.17. The van der Waals surface area contributed by atoms with Gasteiger partial charge in [-0.1, -0.05) is 6.92 Å². The van der Waals surface area contributed by atoms with Gasteiger partial charge in [0.2, 0.25) is 5.22 Å². The van der Waals surface area contributed by atoms with Crippen LogP contribution in [-0.2, 0) is 0 Å². The zero-order valence-electron chi connectivity index (χ0n) is 9.74. The first-order valence-electron chi connectivity index (χ1n) is 5.86. The highest BCUT2D eigenvalue weighted by Gasteiger charge is 2.26. The van der Waals surface area contributed by atoms with E-state index in [-0.39, 0.29) is 17.2 Å². The highest BCUT2D eigenvalue weighted by atomic mass is 35.5. The molecule has 1 heterocycles. The molecule has 2 atom stereocenters. The third-order valence-corrected chi connectivity index (χ3v) is 4.51. The molecule has 94 valence electrons. The summed E-state index contributed by atoms with van der Waals surface area (Å²) in [7, 11) is 0. The van der Waals surface area contributed by atoms with Crippen molar-refractivity contribution in [2.75, 3.05) is 5.75 Å². The SMILES string of the molecule is CCSC1CCC(NC(=O)c2ccoc2Cl)C1. The van der Waals surface area contributed by atoms with E-state index in [0.717, 1.165) is 18.6 Å². The zero-order chi connectivity index (χ0) is 12.3. The fourth-order valence-corrected chi connectivity index (χ4v) is 3.52. The van der Waals surface area contributed by atoms with E-state index < -0.39 is 0 Å². The molecule has 1 aromatic rings. The first kappa shape index (κ1) is 12.8. The van der Waals surface area contributed by atoms with Crippen molar-refractivity contribution < 1.29 is 9.21 Å². The maximum Gasteiger partial charge on any atom is 0.256 e. The molecule has 2 unspecified atom stereocenters. The monoisotopic (exact) mass is 273 g/mol. The van der Waals surface area contributed by atoms with Crippen molar-refractivity contribution in [3.63, 3.8) is 0 Å². The molecule has 1 amide bonds. The van der Waals surface area contributed by atoms with Crippen LogP contribution in [0, 0.1) is 0 Å². The van der Waals surface area contributed by atoms with Crippen LogP contribution in [0.25, 0.3) is 0 Å². The number of hydrogen-bond acceptors (Lipinski definition) is 3. The number of hydrogen-bond donors (Lipinski definition) is 1. The fourth-order valence-electron chi connectivity index (χ4n) is 2.18. The Morgan fingerprint density at radius 3 is 3.12 bits per heavy atom. The Morgan fingerprint density at radius 1 is 1.65 bits per heavy atom. The van der Waals surface area contributed by atoms with Crippen molar-refractivity contribution in [3.8, 4) is 0 Å². The number of halogens is 1. The molecule has 5 heteroatoms. The number of thioether (sulfide) groups is 1. The zero-order valence-corrected chi connectivity index (χ0v) is 11.3. The molecule has 1 fully saturated rings. The van der Waals surface area contributed by atoms with E-state index in [1.807, 2.05) is 11.8 Å². The Kier molecular flexibility index (Phi) is 4.40. The number of furan rings is 1. The summed E-state index contributed by atoms with van der Waals surface area (Å²) in [6, 6.07) is 1.88. The average Bonchev–Trinajstić information content (AvgIpc) is 2.88. The molecule has 0 aromatic carbocycles. The van der Waals surface area contributed by atoms with Gasteiger partial charge in [-0.05, 0) is 42.7 Å². The predicted octanol–water partition coefficient (Wildman–Crippen LogP) is 3.34. The van der Waals surface area contributed by atoms with Crippen LogP contribution >= 0.6 is 23.4 Å². The first-order valence-corrected chi connectivity index (χ1v) is 7.28. The average molecular weight is 274 g/mol. The highest BCUT2D eigenvalue weighted by Crippen LogP contribution is 2.30. The summed E-state index contributed by atoms with van der Waals surface area (Å²) < 4.78 is 4.91. The van der Waals surface area contributed by atoms with Gasteiger partial charge in [-0.25, -0.2) is 0 Å². The molecule has 1 N–H and O–H groups in total. The van der Waals surface area contributed by atoms with Crippen LogP contribution in [-0.4, -0.2) is 23.0 Å². The molecule has 3 nitrogen and oxygen atoms in total. The van der Waals surface area contributed by atoms with Crippen LogP contribution in [0.4, 0.5) is 0 Å². The smallest absolute Gasteiger partial charge is 0.256 e. The Balaban J connectivity index is 1.86. The lowest BCUT2D eigenvalue weighted by atomic mass is 10.2. The van der Waals surface area contributed by atoms with Crippen molar-refractivity contribution >= 4 is 29.3 Å². The molecule has 1 aliphatic rings. The van der Waals surface area contributed by atoms with Gasteiger partial charge in [-0.3, -0.25) is 4.79 Å². The van der Waals surface area contributed by atoms with Crippen molar-refractivity contribution in [3.05, 3.63) is 23.1 Å². The molecule has 1 saturated carbocycles. The number of amides is 1. The van der Waals surface area contributed by atoms with Gasteiger partial charge in [0.25, 0.3) is 5.91 Å². The van der Waals surface area contributed by atoms with Crippen molar-refractivity contribution in [1.82, 2.24) is 5.32 Å². The Hall–Kier alpha value is -0.610. The minimum absolute atomic E-state index is 0.129. The van der Waals surface area contributed by atoms with Crippen LogP contribution in [0.3, 0.4) is 0 Å². The van der Waals surface area contributed by atoms with E-state index in [0.29, 0.717) is 10.8 Å². The van der Waals surface area contributed by atoms with Gasteiger partial charge < -0.3 is 9.73 Å². The van der Waals surface area contributed by atoms with Crippen molar-refractivity contribution in [1.29, 1.82) is 0 Å². The summed E-state index contributed by atoms with van der Waals surface area (Å²) in [5.41, 5.74) is 0.429. The number of rotatable bonds is 4. The molecule has 0 spiro atoms. The number of carbonyl (C=O) groups excluding carboxylic acids is 1. The molecule has 1 aliphatic carbocycles. The molecule has 17 heavy (non-hydrogen) atoms. The normalized spacial score (nSPS) is 23.9. The minimum atomic E-state index is -0.129. The van der Waals surface area contributed by atoms with Crippen LogP contribution in [0.5, 0.6) is 0 Å². The Labute approximate surface area is 110 Å². The van der Waals surface area contributed by atoms with Gasteiger partial charge in [0.15, 0.2) is 0 Å². The van der Waals surface area contributed by atoms with Crippen LogP contribution in [0.2, 0.25) is 5.22 Å². The summed E-state index contributed by atoms with van der Waals surface area (Å²) in [5, 5.41) is 3.87. The van der Waals surface area contributed by atoms with Crippen LogP contribution < -0.4 is 5.32 Å². The lowest BCUT2D eigenvalue weighted by Crippen LogP contribution is -2.33. The fraction of sp³-hybridized carbons (Fsp3) is 0.583. The molecule has 2 rings (SSSR count). The molecule has 0 aliphatic heterocycles. The van der Waals surface area contributed by atoms with Crippen LogP contribution in [0.15, 0.2) is 16.7 Å². The third kappa shape index (κ3) is 3.19. The molecule has 0 radical (unpaired) electrons. The Bertz CT molecular complexity index is 394. The largest absolute Gasteiger partial charge is 0.452 e. The first-order chi connectivity index (χ1) is 8.20. The van der Waals surface area contributed by atoms with Gasteiger partial charge in [-0.15, -0.1) is 0 Å². The maximum absolute atomic E-state index is 11.9. The van der Waals surface area contributed by atoms with Crippen LogP contribution in [0.1, 0.15) is 36.5 Å². The molecular formula is C12H16ClNO2S. The summed E-state index contributed by atoms with van der Waals surface area (Å²) in [4.78, 5) is 11.9. The number of carbonyl (C=O) groups is 1. The van der Waals surface area contributed by atoms with E-state index in [4.69, 9.17) is 16.0 Å². The second kappa shape index (κ2) is 5.83. The van der Waals surface area contributed by atoms with E-state index in [1.165, 1.54) is 12.7 Å². The van der Waals surface area contributed by atoms with E-state index >= 15 is 0 Å². The third-order valence-electron chi connectivity index (χ3n) is 2.98. The van der Waals surface area contributed by atoms with Gasteiger partial charge in [0, 0.05) is 11.3 Å². The summed E-state index contributed by atoms with van der Waals surface area (Å²) in [6.07, 6.45) is 4.73. The van der Waals surface area contributed by atoms with Crippen molar-refractivity contribution in [2.24, 2.45) is 0 Å². The van der Waals surface area contributed by atoms with Gasteiger partial charge >= 0.3 is 0 Å². The predicted molar refractivity (Wildman–Crippen MR) is 70.7 cm³/mol. The maximum atomic E-state index is 11.9. The second-order valence-corrected chi connectivity index (χ2v) is 6.09. The molecule has 0 saturated heterocycles. The highest BCUT2D eigenvalue weighted by molar-refractivity contribution is 7.99. The quantitative estimate of drug-likeness (QED) is 0.915. The minimum Gasteiger partial charge on any atom is -0.452 e. The standard InChI is InChI=1S/C12H16ClNO2S/c1-2-17-9-4-3-8(7-9)14-12(15)10-5-6-16-11(10)13/h5-6,8-9H,2-4,7H2,1H3,(H,14,15). The number of nitrogens with one attached hydrogen (secondary N) is 1. The molecule has 0 bridgehead atoms. The summed E-state index contributed by atoms with van der Waals surface area (Å²) >= 11 is 7.74. The molecular weight excluding hydrogens is 258 g/mol. The lowest BCUT2D eigenvalue weighted by Gasteiger charge is -2.12. The van der Waals surface area contributed by atoms with Gasteiger partial charge in [0.1, 0.15) is 0 Å². The van der Waals surface area contributed by atoms with E-state index in [9.17, 15) is 4.79 Å². The van der Waals surface area contributed by atoms with Crippen molar-refractivity contribution in [2.45, 2.75) is 37.5 Å². The van der Waals surface area contributed by atoms with Gasteiger partial charge in [0.05, 0.1) is 11.8 Å². The lowest BCUT2D eigenvalue weighted by molar-refractivity contribution is 0.0937. The Morgan fingerprint density at radius 2 is 2.47 bits per heavy atom. The topological polar surface area (TPSA) is 42.2 Å². The molecule has 1 aromatic heterocycles. The summed E-state index contributed by atoms with van der Waals surface area (Å²) in [6.45, 7) is 2.17. The van der Waals surface area contributed by atoms with E-state index in [2.05, 4.69) is 12.2 Å². The van der Waals surface area contributed by atoms with E-state index in [1.54, 1.807) is 6.07 Å². The summed E-state index contributed by atoms with van der Waals surface area (Å²) in [5.74, 6) is 1.01.